The van der Waals surface area contributed by atoms with Crippen molar-refractivity contribution in [1.82, 2.24) is 5.32 Å². The van der Waals surface area contributed by atoms with Crippen LogP contribution in [-0.2, 0) is 0 Å². The van der Waals surface area contributed by atoms with Gasteiger partial charge in [-0.15, -0.1) is 0 Å². The predicted octanol–water partition coefficient (Wildman–Crippen LogP) is 3.19. The van der Waals surface area contributed by atoms with Crippen LogP contribution in [0.2, 0.25) is 0 Å². The Kier molecular flexibility index (Phi) is 3.22. The first-order valence-corrected chi connectivity index (χ1v) is 5.74. The molecule has 1 aromatic carbocycles. The molecule has 0 aliphatic carbocycles. The molecule has 1 aromatic rings. The molecular formula is C14H19N. The second-order valence-corrected chi connectivity index (χ2v) is 4.43. The minimum absolute atomic E-state index is 0.741. The Morgan fingerprint density at radius 1 is 1.33 bits per heavy atom. The van der Waals surface area contributed by atoms with E-state index in [0.29, 0.717) is 0 Å². The molecule has 0 radical (unpaired) electrons. The molecule has 0 amide bonds. The number of allylic oxidation sites excluding steroid dienone is 1. The van der Waals surface area contributed by atoms with Crippen molar-refractivity contribution in [2.24, 2.45) is 0 Å². The van der Waals surface area contributed by atoms with E-state index in [1.54, 1.807) is 0 Å². The molecule has 1 heteroatoms. The van der Waals surface area contributed by atoms with Gasteiger partial charge in [-0.25, -0.2) is 0 Å². The van der Waals surface area contributed by atoms with Crippen molar-refractivity contribution < 1.29 is 0 Å². The van der Waals surface area contributed by atoms with E-state index < -0.39 is 0 Å². The fourth-order valence-electron chi connectivity index (χ4n) is 2.21. The molecule has 0 atom stereocenters. The van der Waals surface area contributed by atoms with Gasteiger partial charge in [0.2, 0.25) is 0 Å². The lowest BCUT2D eigenvalue weighted by atomic mass is 9.89. The molecule has 15 heavy (non-hydrogen) atoms. The maximum absolute atomic E-state index is 4.00. The monoisotopic (exact) mass is 201 g/mol. The lowest BCUT2D eigenvalue weighted by Gasteiger charge is -2.23. The van der Waals surface area contributed by atoms with E-state index in [1.807, 2.05) is 0 Å². The molecule has 1 N–H and O–H groups in total. The smallest absolute Gasteiger partial charge is 0.00431 e. The van der Waals surface area contributed by atoms with E-state index in [4.69, 9.17) is 0 Å². The molecule has 1 fully saturated rings. The highest BCUT2D eigenvalue weighted by atomic mass is 14.9. The van der Waals surface area contributed by atoms with Gasteiger partial charge in [0.1, 0.15) is 0 Å². The van der Waals surface area contributed by atoms with Crippen LogP contribution in [0.3, 0.4) is 0 Å². The highest BCUT2D eigenvalue weighted by Crippen LogP contribution is 2.26. The maximum atomic E-state index is 4.00. The highest BCUT2D eigenvalue weighted by molar-refractivity contribution is 5.61. The van der Waals surface area contributed by atoms with Crippen LogP contribution in [0.4, 0.5) is 0 Å². The molecule has 80 valence electrons. The molecule has 1 nitrogen and oxygen atoms in total. The summed E-state index contributed by atoms with van der Waals surface area (Å²) < 4.78 is 0. The van der Waals surface area contributed by atoms with Crippen molar-refractivity contribution >= 4 is 5.57 Å². The maximum Gasteiger partial charge on any atom is -0.00431 e. The van der Waals surface area contributed by atoms with Crippen LogP contribution in [-0.4, -0.2) is 13.1 Å². The second kappa shape index (κ2) is 4.63. The molecule has 1 saturated heterocycles. The molecule has 0 bridgehead atoms. The van der Waals surface area contributed by atoms with Gasteiger partial charge in [-0.05, 0) is 49.9 Å². The molecule has 0 unspecified atom stereocenters. The van der Waals surface area contributed by atoms with Crippen molar-refractivity contribution in [3.05, 3.63) is 42.0 Å². The largest absolute Gasteiger partial charge is 0.317 e. The fourth-order valence-corrected chi connectivity index (χ4v) is 2.21. The summed E-state index contributed by atoms with van der Waals surface area (Å²) in [4.78, 5) is 0. The molecule has 1 aliphatic heterocycles. The number of benzene rings is 1. The summed E-state index contributed by atoms with van der Waals surface area (Å²) in [6, 6.07) is 8.86. The summed E-state index contributed by atoms with van der Waals surface area (Å²) in [6.07, 6.45) is 2.53. The average Bonchev–Trinajstić information content (AvgIpc) is 2.30. The molecule has 0 spiro atoms. The number of hydrogen-bond acceptors (Lipinski definition) is 1. The van der Waals surface area contributed by atoms with Crippen LogP contribution in [0, 0.1) is 0 Å². The first-order chi connectivity index (χ1) is 7.27. The van der Waals surface area contributed by atoms with Crippen molar-refractivity contribution in [1.29, 1.82) is 0 Å². The summed E-state index contributed by atoms with van der Waals surface area (Å²) in [5, 5.41) is 3.40. The Labute approximate surface area is 92.2 Å². The zero-order chi connectivity index (χ0) is 10.7. The van der Waals surface area contributed by atoms with Crippen LogP contribution in [0.15, 0.2) is 30.8 Å². The van der Waals surface area contributed by atoms with Gasteiger partial charge in [-0.2, -0.15) is 0 Å². The Bertz CT molecular complexity index is 348. The minimum Gasteiger partial charge on any atom is -0.317 e. The fraction of sp³-hybridized carbons (Fsp3) is 0.429. The molecule has 0 saturated carbocycles. The summed E-state index contributed by atoms with van der Waals surface area (Å²) in [6.45, 7) is 8.38. The van der Waals surface area contributed by atoms with E-state index in [1.165, 1.54) is 24.0 Å². The molecule has 2 rings (SSSR count). The summed E-state index contributed by atoms with van der Waals surface area (Å²) in [5.41, 5.74) is 3.92. The van der Waals surface area contributed by atoms with E-state index >= 15 is 0 Å². The summed E-state index contributed by atoms with van der Waals surface area (Å²) in [5.74, 6) is 0.741. The molecule has 1 heterocycles. The number of hydrogen-bond donors (Lipinski definition) is 1. The minimum atomic E-state index is 0.741. The Morgan fingerprint density at radius 2 is 2.07 bits per heavy atom. The van der Waals surface area contributed by atoms with E-state index in [-0.39, 0.29) is 0 Å². The van der Waals surface area contributed by atoms with Crippen LogP contribution in [0.25, 0.3) is 5.57 Å². The van der Waals surface area contributed by atoms with Crippen molar-refractivity contribution in [2.75, 3.05) is 13.1 Å². The van der Waals surface area contributed by atoms with Gasteiger partial charge in [0.05, 0.1) is 0 Å². The normalized spacial score (nSPS) is 17.7. The molecule has 1 aliphatic rings. The lowest BCUT2D eigenvalue weighted by Crippen LogP contribution is -2.26. The lowest BCUT2D eigenvalue weighted by molar-refractivity contribution is 0.460. The Morgan fingerprint density at radius 3 is 2.73 bits per heavy atom. The predicted molar refractivity (Wildman–Crippen MR) is 66.0 cm³/mol. The van der Waals surface area contributed by atoms with Crippen molar-refractivity contribution in [3.8, 4) is 0 Å². The summed E-state index contributed by atoms with van der Waals surface area (Å²) in [7, 11) is 0. The van der Waals surface area contributed by atoms with Crippen LogP contribution in [0.5, 0.6) is 0 Å². The van der Waals surface area contributed by atoms with Crippen LogP contribution < -0.4 is 5.32 Å². The standard InChI is InChI=1S/C14H19N/c1-11(2)13-4-3-5-14(10-13)12-6-8-15-9-7-12/h3-5,10,12,15H,1,6-9H2,2H3. The zero-order valence-electron chi connectivity index (χ0n) is 9.42. The summed E-state index contributed by atoms with van der Waals surface area (Å²) >= 11 is 0. The van der Waals surface area contributed by atoms with Crippen molar-refractivity contribution in [3.63, 3.8) is 0 Å². The van der Waals surface area contributed by atoms with Gasteiger partial charge in [0.25, 0.3) is 0 Å². The van der Waals surface area contributed by atoms with Crippen molar-refractivity contribution in [2.45, 2.75) is 25.7 Å². The van der Waals surface area contributed by atoms with Crippen LogP contribution >= 0.6 is 0 Å². The SMILES string of the molecule is C=C(C)c1cccc(C2CCNCC2)c1. The second-order valence-electron chi connectivity index (χ2n) is 4.43. The number of nitrogens with one attached hydrogen (secondary N) is 1. The first kappa shape index (κ1) is 10.4. The Hall–Kier alpha value is -1.08. The Balaban J connectivity index is 2.19. The topological polar surface area (TPSA) is 12.0 Å². The van der Waals surface area contributed by atoms with Gasteiger partial charge in [0.15, 0.2) is 0 Å². The first-order valence-electron chi connectivity index (χ1n) is 5.74. The van der Waals surface area contributed by atoms with Gasteiger partial charge in [-0.1, -0.05) is 36.4 Å². The third-order valence-electron chi connectivity index (χ3n) is 3.19. The van der Waals surface area contributed by atoms with E-state index in [2.05, 4.69) is 43.1 Å². The third kappa shape index (κ3) is 2.48. The quantitative estimate of drug-likeness (QED) is 0.775. The zero-order valence-corrected chi connectivity index (χ0v) is 9.42. The van der Waals surface area contributed by atoms with Gasteiger partial charge >= 0.3 is 0 Å². The van der Waals surface area contributed by atoms with Gasteiger partial charge in [-0.3, -0.25) is 0 Å². The van der Waals surface area contributed by atoms with E-state index in [9.17, 15) is 0 Å². The number of piperidine rings is 1. The number of rotatable bonds is 2. The van der Waals surface area contributed by atoms with Gasteiger partial charge in [0, 0.05) is 0 Å². The molecular weight excluding hydrogens is 182 g/mol. The highest BCUT2D eigenvalue weighted by Gasteiger charge is 2.14. The third-order valence-corrected chi connectivity index (χ3v) is 3.19. The molecule has 0 aromatic heterocycles. The average molecular weight is 201 g/mol. The van der Waals surface area contributed by atoms with Gasteiger partial charge < -0.3 is 5.32 Å². The van der Waals surface area contributed by atoms with Crippen LogP contribution in [0.1, 0.15) is 36.8 Å². The van der Waals surface area contributed by atoms with E-state index in [0.717, 1.165) is 24.6 Å².